The number of carbonyl (C=O) groups is 2. The highest BCUT2D eigenvalue weighted by Crippen LogP contribution is 2.21. The van der Waals surface area contributed by atoms with Crippen LogP contribution in [0.2, 0.25) is 0 Å². The third-order valence-electron chi connectivity index (χ3n) is 5.20. The first kappa shape index (κ1) is 19.3. The normalized spacial score (nSPS) is 15.6. The van der Waals surface area contributed by atoms with Gasteiger partial charge in [-0.3, -0.25) is 14.5 Å². The minimum atomic E-state index is -0.229. The highest BCUT2D eigenvalue weighted by molar-refractivity contribution is 6.02. The van der Waals surface area contributed by atoms with E-state index < -0.39 is 0 Å². The van der Waals surface area contributed by atoms with Gasteiger partial charge in [-0.25, -0.2) is 4.39 Å². The number of nitrogens with zero attached hydrogens (tertiary/aromatic N) is 2. The van der Waals surface area contributed by atoms with Gasteiger partial charge in [-0.1, -0.05) is 12.1 Å². The molecule has 0 unspecified atom stereocenters. The highest BCUT2D eigenvalue weighted by atomic mass is 19.1. The van der Waals surface area contributed by atoms with E-state index in [1.54, 1.807) is 12.1 Å². The summed E-state index contributed by atoms with van der Waals surface area (Å²) in [6.45, 7) is 8.90. The third kappa shape index (κ3) is 4.27. The average Bonchev–Trinajstić information content (AvgIpc) is 2.79. The van der Waals surface area contributed by atoms with Gasteiger partial charge in [0.1, 0.15) is 11.5 Å². The second-order valence-corrected chi connectivity index (χ2v) is 7.23. The summed E-state index contributed by atoms with van der Waals surface area (Å²) in [5.41, 5.74) is 3.68. The van der Waals surface area contributed by atoms with E-state index in [-0.39, 0.29) is 17.5 Å². The van der Waals surface area contributed by atoms with Crippen molar-refractivity contribution in [2.24, 2.45) is 0 Å². The standard InChI is InChI=1S/C21H26FN3O2/c1-14-19(16(3)26)15(2)23-20(14)21(27)25-10-4-9-24(11-12-25)13-17-5-7-18(22)8-6-17/h5-8,23H,4,9-13H2,1-3H3. The molecule has 27 heavy (non-hydrogen) atoms. The molecule has 1 N–H and O–H groups in total. The number of Topliss-reactive ketones (excluding diaryl/α,β-unsaturated/α-hetero) is 1. The molecule has 0 spiro atoms. The summed E-state index contributed by atoms with van der Waals surface area (Å²) in [7, 11) is 0. The van der Waals surface area contributed by atoms with Crippen LogP contribution in [0.4, 0.5) is 4.39 Å². The fourth-order valence-corrected chi connectivity index (χ4v) is 3.83. The Morgan fingerprint density at radius 3 is 2.41 bits per heavy atom. The van der Waals surface area contributed by atoms with Gasteiger partial charge in [0.05, 0.1) is 0 Å². The van der Waals surface area contributed by atoms with Gasteiger partial charge in [-0.2, -0.15) is 0 Å². The van der Waals surface area contributed by atoms with E-state index in [9.17, 15) is 14.0 Å². The van der Waals surface area contributed by atoms with Crippen molar-refractivity contribution < 1.29 is 14.0 Å². The van der Waals surface area contributed by atoms with Crippen LogP contribution in [-0.2, 0) is 6.54 Å². The van der Waals surface area contributed by atoms with Crippen LogP contribution in [0.3, 0.4) is 0 Å². The van der Waals surface area contributed by atoms with Crippen LogP contribution < -0.4 is 0 Å². The van der Waals surface area contributed by atoms with Crippen molar-refractivity contribution in [2.75, 3.05) is 26.2 Å². The third-order valence-corrected chi connectivity index (χ3v) is 5.20. The molecule has 1 aromatic carbocycles. The topological polar surface area (TPSA) is 56.4 Å². The molecule has 3 rings (SSSR count). The maximum atomic E-state index is 13.1. The number of hydrogen-bond acceptors (Lipinski definition) is 3. The lowest BCUT2D eigenvalue weighted by Crippen LogP contribution is -2.35. The van der Waals surface area contributed by atoms with Gasteiger partial charge in [0.25, 0.3) is 5.91 Å². The minimum Gasteiger partial charge on any atom is -0.354 e. The Balaban J connectivity index is 1.67. The molecule has 2 aromatic rings. The summed E-state index contributed by atoms with van der Waals surface area (Å²) >= 11 is 0. The Bertz CT molecular complexity index is 842. The van der Waals surface area contributed by atoms with Crippen molar-refractivity contribution in [2.45, 2.75) is 33.7 Å². The van der Waals surface area contributed by atoms with Crippen molar-refractivity contribution in [1.82, 2.24) is 14.8 Å². The number of ketones is 1. The molecule has 0 radical (unpaired) electrons. The molecule has 1 fully saturated rings. The van der Waals surface area contributed by atoms with E-state index in [2.05, 4.69) is 9.88 Å². The fourth-order valence-electron chi connectivity index (χ4n) is 3.83. The van der Waals surface area contributed by atoms with Crippen molar-refractivity contribution in [3.63, 3.8) is 0 Å². The lowest BCUT2D eigenvalue weighted by Gasteiger charge is -2.22. The van der Waals surface area contributed by atoms with Gasteiger partial charge in [0, 0.05) is 44.0 Å². The van der Waals surface area contributed by atoms with Crippen LogP contribution in [0.15, 0.2) is 24.3 Å². The Morgan fingerprint density at radius 1 is 1.07 bits per heavy atom. The van der Waals surface area contributed by atoms with Crippen LogP contribution in [0.5, 0.6) is 0 Å². The Morgan fingerprint density at radius 2 is 1.78 bits per heavy atom. The first-order valence-electron chi connectivity index (χ1n) is 9.33. The summed E-state index contributed by atoms with van der Waals surface area (Å²) in [4.78, 5) is 32.1. The Kier molecular flexibility index (Phi) is 5.75. The maximum Gasteiger partial charge on any atom is 0.270 e. The molecule has 0 saturated carbocycles. The van der Waals surface area contributed by atoms with E-state index in [0.29, 0.717) is 24.3 Å². The fraction of sp³-hybridized carbons (Fsp3) is 0.429. The minimum absolute atomic E-state index is 0.0263. The van der Waals surface area contributed by atoms with Crippen LogP contribution in [0, 0.1) is 19.7 Å². The zero-order valence-corrected chi connectivity index (χ0v) is 16.1. The molecule has 1 aromatic heterocycles. The molecule has 0 bridgehead atoms. The van der Waals surface area contributed by atoms with Gasteiger partial charge in [-0.15, -0.1) is 0 Å². The van der Waals surface area contributed by atoms with Crippen LogP contribution in [0.1, 0.15) is 51.0 Å². The number of halogens is 1. The second kappa shape index (κ2) is 8.05. The van der Waals surface area contributed by atoms with Gasteiger partial charge < -0.3 is 9.88 Å². The molecule has 0 aliphatic carbocycles. The van der Waals surface area contributed by atoms with Gasteiger partial charge in [0.2, 0.25) is 0 Å². The van der Waals surface area contributed by atoms with E-state index in [1.807, 2.05) is 18.7 Å². The molecule has 5 nitrogen and oxygen atoms in total. The summed E-state index contributed by atoms with van der Waals surface area (Å²) < 4.78 is 13.1. The van der Waals surface area contributed by atoms with Gasteiger partial charge in [0.15, 0.2) is 5.78 Å². The first-order chi connectivity index (χ1) is 12.9. The average molecular weight is 371 g/mol. The number of aromatic nitrogens is 1. The number of aryl methyl sites for hydroxylation is 1. The lowest BCUT2D eigenvalue weighted by atomic mass is 10.1. The molecule has 1 saturated heterocycles. The van der Waals surface area contributed by atoms with Crippen molar-refractivity contribution in [3.8, 4) is 0 Å². The number of rotatable bonds is 4. The van der Waals surface area contributed by atoms with E-state index in [0.717, 1.165) is 42.9 Å². The molecule has 1 aliphatic rings. The number of carbonyl (C=O) groups excluding carboxylic acids is 2. The molecule has 1 aliphatic heterocycles. The predicted molar refractivity (Wildman–Crippen MR) is 102 cm³/mol. The summed E-state index contributed by atoms with van der Waals surface area (Å²) in [6.07, 6.45) is 0.880. The molecule has 6 heteroatoms. The smallest absolute Gasteiger partial charge is 0.270 e. The number of benzene rings is 1. The zero-order valence-electron chi connectivity index (χ0n) is 16.1. The van der Waals surface area contributed by atoms with Crippen molar-refractivity contribution in [3.05, 3.63) is 58.2 Å². The van der Waals surface area contributed by atoms with E-state index in [4.69, 9.17) is 0 Å². The summed E-state index contributed by atoms with van der Waals surface area (Å²) in [5.74, 6) is -0.304. The quantitative estimate of drug-likeness (QED) is 0.839. The Hall–Kier alpha value is -2.47. The van der Waals surface area contributed by atoms with E-state index in [1.165, 1.54) is 19.1 Å². The number of H-pyrrole nitrogens is 1. The summed E-state index contributed by atoms with van der Waals surface area (Å²) in [6, 6.07) is 6.56. The van der Waals surface area contributed by atoms with Crippen molar-refractivity contribution in [1.29, 1.82) is 0 Å². The molecular formula is C21H26FN3O2. The molecule has 144 valence electrons. The molecule has 2 heterocycles. The SMILES string of the molecule is CC(=O)c1c(C)[nH]c(C(=O)N2CCCN(Cc3ccc(F)cc3)CC2)c1C. The second-order valence-electron chi connectivity index (χ2n) is 7.23. The number of hydrogen-bond donors (Lipinski definition) is 1. The molecule has 0 atom stereocenters. The van der Waals surface area contributed by atoms with Gasteiger partial charge in [-0.05, 0) is 50.5 Å². The predicted octanol–water partition coefficient (Wildman–Crippen LogP) is 3.32. The number of amides is 1. The highest BCUT2D eigenvalue weighted by Gasteiger charge is 2.25. The largest absolute Gasteiger partial charge is 0.354 e. The molecular weight excluding hydrogens is 345 g/mol. The lowest BCUT2D eigenvalue weighted by molar-refractivity contribution is 0.0755. The zero-order chi connectivity index (χ0) is 19.6. The monoisotopic (exact) mass is 371 g/mol. The van der Waals surface area contributed by atoms with Crippen molar-refractivity contribution >= 4 is 11.7 Å². The molecule has 1 amide bonds. The Labute approximate surface area is 159 Å². The van der Waals surface area contributed by atoms with E-state index >= 15 is 0 Å². The van der Waals surface area contributed by atoms with Gasteiger partial charge >= 0.3 is 0 Å². The first-order valence-corrected chi connectivity index (χ1v) is 9.33. The van der Waals surface area contributed by atoms with Crippen LogP contribution in [-0.4, -0.2) is 52.7 Å². The maximum absolute atomic E-state index is 13.1. The summed E-state index contributed by atoms with van der Waals surface area (Å²) in [5, 5.41) is 0. The number of nitrogens with one attached hydrogen (secondary N) is 1. The van der Waals surface area contributed by atoms with Crippen LogP contribution >= 0.6 is 0 Å². The van der Waals surface area contributed by atoms with Crippen LogP contribution in [0.25, 0.3) is 0 Å². The number of aromatic amines is 1.